The van der Waals surface area contributed by atoms with Gasteiger partial charge in [0.15, 0.2) is 0 Å². The third-order valence-electron chi connectivity index (χ3n) is 5.13. The first-order valence-corrected chi connectivity index (χ1v) is 11.8. The number of nitrogens with zero attached hydrogens (tertiary/aromatic N) is 1. The molecule has 0 radical (unpaired) electrons. The molecule has 0 bridgehead atoms. The lowest BCUT2D eigenvalue weighted by Crippen LogP contribution is -2.27. The second-order valence-corrected chi connectivity index (χ2v) is 10.6. The lowest BCUT2D eigenvalue weighted by Gasteiger charge is -2.20. The monoisotopic (exact) mass is 613 g/mol. The Morgan fingerprint density at radius 2 is 1.19 bits per heavy atom. The summed E-state index contributed by atoms with van der Waals surface area (Å²) >= 11 is 0. The van der Waals surface area contributed by atoms with Gasteiger partial charge in [-0.05, 0) is 71.2 Å². The molecule has 0 aliphatic carbocycles. The molecule has 7 nitrogen and oxygen atoms in total. The van der Waals surface area contributed by atoms with Gasteiger partial charge in [-0.15, -0.1) is 24.0 Å². The van der Waals surface area contributed by atoms with Gasteiger partial charge in [-0.25, -0.2) is 14.6 Å². The number of fused-ring (bicyclic) bond motifs is 3. The average Bonchev–Trinajstić information content (AvgIpc) is 2.76. The summed E-state index contributed by atoms with van der Waals surface area (Å²) in [5, 5.41) is 8.37. The van der Waals surface area contributed by atoms with Crippen molar-refractivity contribution >= 4 is 69.2 Å². The Balaban J connectivity index is 0.00000380. The van der Waals surface area contributed by atoms with E-state index in [0.717, 1.165) is 32.9 Å². The number of nitrogens with one attached hydrogen (secondary N) is 2. The van der Waals surface area contributed by atoms with Crippen LogP contribution in [0.2, 0.25) is 0 Å². The largest absolute Gasteiger partial charge is 0.444 e. The zero-order valence-corrected chi connectivity index (χ0v) is 24.2. The van der Waals surface area contributed by atoms with Crippen molar-refractivity contribution < 1.29 is 19.1 Å². The summed E-state index contributed by atoms with van der Waals surface area (Å²) in [5.74, 6) is 0. The second-order valence-electron chi connectivity index (χ2n) is 10.6. The molecule has 0 saturated carbocycles. The van der Waals surface area contributed by atoms with E-state index >= 15 is 0 Å². The zero-order valence-electron chi connectivity index (χ0n) is 21.8. The van der Waals surface area contributed by atoms with Crippen molar-refractivity contribution in [3.63, 3.8) is 0 Å². The topological polar surface area (TPSA) is 89.5 Å². The SMILES string of the molecule is CC(C)(C)OC(=O)Nc1ccc2c(c1)nc(-c1ccccc1)c1cc(NC(=O)OC(C)(C)C)ccc12.I. The summed E-state index contributed by atoms with van der Waals surface area (Å²) < 4.78 is 10.8. The van der Waals surface area contributed by atoms with E-state index in [1.807, 2.05) is 108 Å². The van der Waals surface area contributed by atoms with Crippen LogP contribution in [0.3, 0.4) is 0 Å². The molecule has 8 heteroatoms. The Kier molecular flexibility index (Phi) is 8.32. The number of ether oxygens (including phenoxy) is 2. The van der Waals surface area contributed by atoms with Crippen molar-refractivity contribution in [2.45, 2.75) is 52.7 Å². The maximum Gasteiger partial charge on any atom is 0.412 e. The Morgan fingerprint density at radius 1 is 0.676 bits per heavy atom. The molecule has 0 unspecified atom stereocenters. The van der Waals surface area contributed by atoms with Crippen LogP contribution in [0.25, 0.3) is 32.9 Å². The highest BCUT2D eigenvalue weighted by Crippen LogP contribution is 2.35. The quantitative estimate of drug-likeness (QED) is 0.179. The summed E-state index contributed by atoms with van der Waals surface area (Å²) in [7, 11) is 0. The van der Waals surface area contributed by atoms with E-state index in [2.05, 4.69) is 10.6 Å². The fraction of sp³-hybridized carbons (Fsp3) is 0.276. The highest BCUT2D eigenvalue weighted by Gasteiger charge is 2.19. The average molecular weight is 613 g/mol. The molecule has 2 amide bonds. The first kappa shape index (κ1) is 28.2. The fourth-order valence-corrected chi connectivity index (χ4v) is 3.82. The minimum atomic E-state index is -0.598. The Labute approximate surface area is 234 Å². The van der Waals surface area contributed by atoms with E-state index in [1.165, 1.54) is 0 Å². The number of halogens is 1. The van der Waals surface area contributed by atoms with Gasteiger partial charge in [-0.3, -0.25) is 10.6 Å². The van der Waals surface area contributed by atoms with Gasteiger partial charge in [0, 0.05) is 27.7 Å². The number of rotatable bonds is 3. The van der Waals surface area contributed by atoms with Gasteiger partial charge in [-0.1, -0.05) is 42.5 Å². The first-order chi connectivity index (χ1) is 16.9. The summed E-state index contributed by atoms with van der Waals surface area (Å²) in [5.41, 5.74) is 2.43. The van der Waals surface area contributed by atoms with E-state index < -0.39 is 23.4 Å². The molecule has 37 heavy (non-hydrogen) atoms. The molecule has 0 aliphatic rings. The molecule has 0 spiro atoms. The summed E-state index contributed by atoms with van der Waals surface area (Å²) in [4.78, 5) is 29.6. The zero-order chi connectivity index (χ0) is 26.1. The Hall–Kier alpha value is -3.40. The number of anilines is 2. The Morgan fingerprint density at radius 3 is 1.73 bits per heavy atom. The van der Waals surface area contributed by atoms with Crippen molar-refractivity contribution in [1.29, 1.82) is 0 Å². The minimum absolute atomic E-state index is 0. The van der Waals surface area contributed by atoms with Crippen molar-refractivity contribution in [2.75, 3.05) is 10.6 Å². The van der Waals surface area contributed by atoms with E-state index in [0.29, 0.717) is 11.4 Å². The normalized spacial score (nSPS) is 11.5. The van der Waals surface area contributed by atoms with Crippen LogP contribution in [0, 0.1) is 0 Å². The lowest BCUT2D eigenvalue weighted by molar-refractivity contribution is 0.0624. The number of aromatic nitrogens is 1. The van der Waals surface area contributed by atoms with Crippen molar-refractivity contribution in [1.82, 2.24) is 4.98 Å². The van der Waals surface area contributed by atoms with Crippen molar-refractivity contribution in [3.05, 3.63) is 66.7 Å². The molecule has 0 saturated heterocycles. The molecule has 1 aromatic heterocycles. The van der Waals surface area contributed by atoms with Crippen LogP contribution in [0.5, 0.6) is 0 Å². The van der Waals surface area contributed by atoms with E-state index in [9.17, 15) is 9.59 Å². The summed E-state index contributed by atoms with van der Waals surface area (Å²) in [6, 6.07) is 21.1. The van der Waals surface area contributed by atoms with E-state index in [-0.39, 0.29) is 24.0 Å². The maximum absolute atomic E-state index is 12.4. The predicted octanol–water partition coefficient (Wildman–Crippen LogP) is 8.37. The molecule has 4 aromatic rings. The van der Waals surface area contributed by atoms with Gasteiger partial charge < -0.3 is 9.47 Å². The molecule has 2 N–H and O–H groups in total. The molecule has 0 atom stereocenters. The molecule has 1 heterocycles. The van der Waals surface area contributed by atoms with E-state index in [1.54, 1.807) is 0 Å². The smallest absolute Gasteiger partial charge is 0.412 e. The molecule has 194 valence electrons. The lowest BCUT2D eigenvalue weighted by atomic mass is 9.99. The number of benzene rings is 3. The van der Waals surface area contributed by atoms with Crippen LogP contribution < -0.4 is 10.6 Å². The highest BCUT2D eigenvalue weighted by atomic mass is 127. The number of hydrogen-bond acceptors (Lipinski definition) is 5. The number of hydrogen-bond donors (Lipinski definition) is 2. The standard InChI is InChI=1S/C29H31N3O4.HI/c1-28(2,3)35-26(33)30-19-12-14-21-22-15-13-20(31-27(34)36-29(4,5)6)17-24(22)32-25(23(21)16-19)18-10-8-7-9-11-18;/h7-17H,1-6H3,(H,30,33)(H,31,34);1H. The van der Waals surface area contributed by atoms with Crippen molar-refractivity contribution in [2.24, 2.45) is 0 Å². The molecule has 4 rings (SSSR count). The number of carbonyl (C=O) groups excluding carboxylic acids is 2. The van der Waals surface area contributed by atoms with Gasteiger partial charge in [-0.2, -0.15) is 0 Å². The van der Waals surface area contributed by atoms with Gasteiger partial charge >= 0.3 is 12.2 Å². The number of carbonyl (C=O) groups is 2. The van der Waals surface area contributed by atoms with Crippen LogP contribution in [-0.2, 0) is 9.47 Å². The third kappa shape index (κ3) is 7.31. The minimum Gasteiger partial charge on any atom is -0.444 e. The number of pyridine rings is 1. The third-order valence-corrected chi connectivity index (χ3v) is 5.13. The first-order valence-electron chi connectivity index (χ1n) is 11.8. The maximum atomic E-state index is 12.4. The highest BCUT2D eigenvalue weighted by molar-refractivity contribution is 14.0. The molecule has 0 fully saturated rings. The second kappa shape index (κ2) is 10.9. The predicted molar refractivity (Wildman–Crippen MR) is 160 cm³/mol. The van der Waals surface area contributed by atoms with Gasteiger partial charge in [0.2, 0.25) is 0 Å². The van der Waals surface area contributed by atoms with Crippen LogP contribution in [0.15, 0.2) is 66.7 Å². The van der Waals surface area contributed by atoms with Crippen LogP contribution >= 0.6 is 24.0 Å². The Bertz CT molecular complexity index is 1440. The van der Waals surface area contributed by atoms with Crippen LogP contribution in [-0.4, -0.2) is 28.4 Å². The van der Waals surface area contributed by atoms with Gasteiger partial charge in [0.25, 0.3) is 0 Å². The molecule has 3 aromatic carbocycles. The van der Waals surface area contributed by atoms with Gasteiger partial charge in [0.05, 0.1) is 11.2 Å². The van der Waals surface area contributed by atoms with Crippen LogP contribution in [0.4, 0.5) is 21.0 Å². The van der Waals surface area contributed by atoms with E-state index in [4.69, 9.17) is 14.5 Å². The summed E-state index contributed by atoms with van der Waals surface area (Å²) in [6.45, 7) is 10.9. The van der Waals surface area contributed by atoms with Crippen LogP contribution in [0.1, 0.15) is 41.5 Å². The molecular formula is C29H32IN3O4. The summed E-state index contributed by atoms with van der Waals surface area (Å²) in [6.07, 6.45) is -1.04. The van der Waals surface area contributed by atoms with Crippen molar-refractivity contribution in [3.8, 4) is 11.3 Å². The molecule has 0 aliphatic heterocycles. The molecular weight excluding hydrogens is 581 g/mol. The fourth-order valence-electron chi connectivity index (χ4n) is 3.82. The van der Waals surface area contributed by atoms with Gasteiger partial charge in [0.1, 0.15) is 11.2 Å². The number of amides is 2.